The molecule has 23 heavy (non-hydrogen) atoms. The Bertz CT molecular complexity index is 719. The van der Waals surface area contributed by atoms with Gasteiger partial charge in [0.1, 0.15) is 0 Å². The number of amides is 1. The van der Waals surface area contributed by atoms with Crippen LogP contribution in [0.15, 0.2) is 23.1 Å². The zero-order valence-electron chi connectivity index (χ0n) is 13.1. The second-order valence-corrected chi connectivity index (χ2v) is 7.74. The predicted octanol–water partition coefficient (Wildman–Crippen LogP) is 0.603. The minimum atomic E-state index is -3.63. The van der Waals surface area contributed by atoms with Crippen molar-refractivity contribution in [2.24, 2.45) is 5.92 Å². The SMILES string of the molecule is COc1ccc(S(=O)(=O)N2CC[C@@H]3CC(=O)N[C@@H]3C2)cc1OC. The zero-order chi connectivity index (χ0) is 16.6. The van der Waals surface area contributed by atoms with E-state index in [4.69, 9.17) is 9.47 Å². The normalized spacial score (nSPS) is 24.9. The van der Waals surface area contributed by atoms with E-state index in [0.717, 1.165) is 0 Å². The molecule has 126 valence electrons. The highest BCUT2D eigenvalue weighted by Gasteiger charge is 2.40. The molecule has 2 heterocycles. The van der Waals surface area contributed by atoms with Crippen molar-refractivity contribution in [2.45, 2.75) is 23.8 Å². The van der Waals surface area contributed by atoms with Crippen molar-refractivity contribution in [1.29, 1.82) is 0 Å². The molecule has 1 amide bonds. The lowest BCUT2D eigenvalue weighted by atomic mass is 9.94. The van der Waals surface area contributed by atoms with Gasteiger partial charge >= 0.3 is 0 Å². The van der Waals surface area contributed by atoms with E-state index in [1.807, 2.05) is 0 Å². The number of sulfonamides is 1. The van der Waals surface area contributed by atoms with Gasteiger partial charge in [0.05, 0.1) is 19.1 Å². The number of fused-ring (bicyclic) bond motifs is 1. The number of piperidine rings is 1. The Morgan fingerprint density at radius 1 is 1.22 bits per heavy atom. The summed E-state index contributed by atoms with van der Waals surface area (Å²) in [4.78, 5) is 11.6. The van der Waals surface area contributed by atoms with Crippen LogP contribution in [0.25, 0.3) is 0 Å². The van der Waals surface area contributed by atoms with Crippen LogP contribution in [0.3, 0.4) is 0 Å². The molecule has 2 aliphatic rings. The molecular formula is C15H20N2O5S. The maximum Gasteiger partial charge on any atom is 0.243 e. The Morgan fingerprint density at radius 3 is 2.65 bits per heavy atom. The van der Waals surface area contributed by atoms with Gasteiger partial charge in [-0.3, -0.25) is 4.79 Å². The number of carbonyl (C=O) groups is 1. The average Bonchev–Trinajstić information content (AvgIpc) is 2.93. The smallest absolute Gasteiger partial charge is 0.243 e. The maximum absolute atomic E-state index is 12.8. The van der Waals surface area contributed by atoms with Crippen LogP contribution in [0.2, 0.25) is 0 Å². The minimum absolute atomic E-state index is 0.00497. The van der Waals surface area contributed by atoms with E-state index in [1.165, 1.54) is 30.7 Å². The van der Waals surface area contributed by atoms with Crippen molar-refractivity contribution in [3.63, 3.8) is 0 Å². The molecule has 0 saturated carbocycles. The molecule has 0 bridgehead atoms. The molecule has 2 saturated heterocycles. The quantitative estimate of drug-likeness (QED) is 0.868. The molecule has 8 heteroatoms. The van der Waals surface area contributed by atoms with E-state index in [1.54, 1.807) is 6.07 Å². The second-order valence-electron chi connectivity index (χ2n) is 5.81. The van der Waals surface area contributed by atoms with E-state index in [0.29, 0.717) is 37.4 Å². The summed E-state index contributed by atoms with van der Waals surface area (Å²) in [7, 11) is -0.664. The molecule has 2 fully saturated rings. The van der Waals surface area contributed by atoms with Crippen LogP contribution in [0.5, 0.6) is 11.5 Å². The summed E-state index contributed by atoms with van der Waals surface area (Å²) in [6.07, 6.45) is 1.19. The number of methoxy groups -OCH3 is 2. The first-order valence-electron chi connectivity index (χ1n) is 7.47. The van der Waals surface area contributed by atoms with Crippen LogP contribution in [0, 0.1) is 5.92 Å². The highest BCUT2D eigenvalue weighted by atomic mass is 32.2. The molecule has 2 aliphatic heterocycles. The van der Waals surface area contributed by atoms with Crippen molar-refractivity contribution in [2.75, 3.05) is 27.3 Å². The molecule has 0 spiro atoms. The van der Waals surface area contributed by atoms with E-state index in [-0.39, 0.29) is 22.8 Å². The lowest BCUT2D eigenvalue weighted by Gasteiger charge is -2.33. The Hall–Kier alpha value is -1.80. The van der Waals surface area contributed by atoms with Crippen molar-refractivity contribution >= 4 is 15.9 Å². The Balaban J connectivity index is 1.85. The number of nitrogens with one attached hydrogen (secondary N) is 1. The van der Waals surface area contributed by atoms with Crippen LogP contribution in [-0.2, 0) is 14.8 Å². The highest BCUT2D eigenvalue weighted by Crippen LogP contribution is 2.33. The first kappa shape index (κ1) is 16.1. The van der Waals surface area contributed by atoms with Gasteiger partial charge in [0.15, 0.2) is 11.5 Å². The average molecular weight is 340 g/mol. The first-order chi connectivity index (χ1) is 11.0. The molecule has 7 nitrogen and oxygen atoms in total. The van der Waals surface area contributed by atoms with Crippen molar-refractivity contribution < 1.29 is 22.7 Å². The van der Waals surface area contributed by atoms with Gasteiger partial charge in [-0.15, -0.1) is 0 Å². The van der Waals surface area contributed by atoms with Gasteiger partial charge in [-0.2, -0.15) is 4.31 Å². The Labute approximate surface area is 135 Å². The van der Waals surface area contributed by atoms with Gasteiger partial charge in [0.25, 0.3) is 0 Å². The van der Waals surface area contributed by atoms with Gasteiger partial charge < -0.3 is 14.8 Å². The summed E-state index contributed by atoms with van der Waals surface area (Å²) in [6.45, 7) is 0.736. The maximum atomic E-state index is 12.8. The zero-order valence-corrected chi connectivity index (χ0v) is 13.9. The van der Waals surface area contributed by atoms with Crippen LogP contribution in [0.4, 0.5) is 0 Å². The fourth-order valence-corrected chi connectivity index (χ4v) is 4.72. The molecule has 1 aromatic carbocycles. The molecule has 1 aromatic rings. The van der Waals surface area contributed by atoms with E-state index in [2.05, 4.69) is 5.32 Å². The van der Waals surface area contributed by atoms with E-state index < -0.39 is 10.0 Å². The molecule has 0 radical (unpaired) electrons. The summed E-state index contributed by atoms with van der Waals surface area (Å²) in [5.41, 5.74) is 0. The molecule has 3 rings (SSSR count). The lowest BCUT2D eigenvalue weighted by Crippen LogP contribution is -2.48. The summed E-state index contributed by atoms with van der Waals surface area (Å²) in [5.74, 6) is 1.09. The lowest BCUT2D eigenvalue weighted by molar-refractivity contribution is -0.119. The summed E-state index contributed by atoms with van der Waals surface area (Å²) < 4.78 is 37.4. The molecule has 2 atom stereocenters. The topological polar surface area (TPSA) is 84.9 Å². The van der Waals surface area contributed by atoms with Crippen LogP contribution in [-0.4, -0.2) is 52.0 Å². The summed E-state index contributed by atoms with van der Waals surface area (Å²) >= 11 is 0. The standard InChI is InChI=1S/C15H20N2O5S/c1-21-13-4-3-11(8-14(13)22-2)23(19,20)17-6-5-10-7-15(18)16-12(10)9-17/h3-4,8,10,12H,5-7,9H2,1-2H3,(H,16,18)/t10-,12-/m1/s1. The van der Waals surface area contributed by atoms with Crippen molar-refractivity contribution in [3.05, 3.63) is 18.2 Å². The van der Waals surface area contributed by atoms with Gasteiger partial charge in [-0.25, -0.2) is 8.42 Å². The molecule has 0 unspecified atom stereocenters. The number of ether oxygens (including phenoxy) is 2. The van der Waals surface area contributed by atoms with Crippen LogP contribution in [0.1, 0.15) is 12.8 Å². The third-order valence-corrected chi connectivity index (χ3v) is 6.37. The minimum Gasteiger partial charge on any atom is -0.493 e. The predicted molar refractivity (Wildman–Crippen MR) is 83.0 cm³/mol. The van der Waals surface area contributed by atoms with Crippen molar-refractivity contribution in [3.8, 4) is 11.5 Å². The largest absolute Gasteiger partial charge is 0.493 e. The Morgan fingerprint density at radius 2 is 1.96 bits per heavy atom. The fraction of sp³-hybridized carbons (Fsp3) is 0.533. The number of hydrogen-bond acceptors (Lipinski definition) is 5. The fourth-order valence-electron chi connectivity index (χ4n) is 3.23. The number of rotatable bonds is 4. The van der Waals surface area contributed by atoms with Crippen LogP contribution >= 0.6 is 0 Å². The molecule has 0 aliphatic carbocycles. The molecule has 1 N–H and O–H groups in total. The Kier molecular flexibility index (Phi) is 4.20. The third-order valence-electron chi connectivity index (χ3n) is 4.51. The van der Waals surface area contributed by atoms with E-state index in [9.17, 15) is 13.2 Å². The summed E-state index contributed by atoms with van der Waals surface area (Å²) in [5, 5.41) is 2.86. The number of nitrogens with zero attached hydrogens (tertiary/aromatic N) is 1. The van der Waals surface area contributed by atoms with Gasteiger partial charge in [-0.05, 0) is 24.5 Å². The second kappa shape index (κ2) is 6.01. The van der Waals surface area contributed by atoms with Gasteiger partial charge in [0, 0.05) is 31.6 Å². The van der Waals surface area contributed by atoms with Gasteiger partial charge in [0.2, 0.25) is 15.9 Å². The van der Waals surface area contributed by atoms with E-state index >= 15 is 0 Å². The highest BCUT2D eigenvalue weighted by molar-refractivity contribution is 7.89. The third kappa shape index (κ3) is 2.88. The number of carbonyl (C=O) groups excluding carboxylic acids is 1. The summed E-state index contributed by atoms with van der Waals surface area (Å²) in [6, 6.07) is 4.46. The molecule has 0 aromatic heterocycles. The number of hydrogen-bond donors (Lipinski definition) is 1. The van der Waals surface area contributed by atoms with Crippen LogP contribution < -0.4 is 14.8 Å². The van der Waals surface area contributed by atoms with Gasteiger partial charge in [-0.1, -0.05) is 0 Å². The monoisotopic (exact) mass is 340 g/mol. The first-order valence-corrected chi connectivity index (χ1v) is 8.91. The number of benzene rings is 1. The molecular weight excluding hydrogens is 320 g/mol. The van der Waals surface area contributed by atoms with Crippen molar-refractivity contribution in [1.82, 2.24) is 9.62 Å².